The molecule has 0 radical (unpaired) electrons. The van der Waals surface area contributed by atoms with Crippen molar-refractivity contribution in [1.29, 1.82) is 0 Å². The maximum absolute atomic E-state index is 13.5. The van der Waals surface area contributed by atoms with Crippen LogP contribution in [0.15, 0.2) is 18.2 Å². The molecule has 0 bridgehead atoms. The van der Waals surface area contributed by atoms with Gasteiger partial charge in [-0.1, -0.05) is 11.6 Å². The van der Waals surface area contributed by atoms with Crippen LogP contribution in [0.2, 0.25) is 5.02 Å². The van der Waals surface area contributed by atoms with Crippen molar-refractivity contribution in [3.8, 4) is 0 Å². The van der Waals surface area contributed by atoms with Crippen molar-refractivity contribution in [2.45, 2.75) is 12.8 Å². The fraction of sp³-hybridized carbons (Fsp3) is 0.385. The Labute approximate surface area is 120 Å². The molecule has 0 saturated carbocycles. The van der Waals surface area contributed by atoms with Crippen LogP contribution in [0.4, 0.5) is 14.9 Å². The summed E-state index contributed by atoms with van der Waals surface area (Å²) in [5, 5.41) is 11.7. The van der Waals surface area contributed by atoms with Crippen LogP contribution < -0.4 is 5.32 Å². The molecule has 7 heteroatoms. The number of nitrogens with one attached hydrogen (secondary N) is 1. The lowest BCUT2D eigenvalue weighted by molar-refractivity contribution is -0.143. The molecule has 2 rings (SSSR count). The van der Waals surface area contributed by atoms with Crippen molar-refractivity contribution in [2.24, 2.45) is 5.92 Å². The number of anilines is 1. The van der Waals surface area contributed by atoms with Crippen LogP contribution >= 0.6 is 11.6 Å². The third kappa shape index (κ3) is 3.39. The number of hydrogen-bond donors (Lipinski definition) is 2. The summed E-state index contributed by atoms with van der Waals surface area (Å²) in [7, 11) is 0. The van der Waals surface area contributed by atoms with Gasteiger partial charge in [0.2, 0.25) is 0 Å². The first kappa shape index (κ1) is 14.6. The number of carboxylic acid groups (broad SMARTS) is 1. The van der Waals surface area contributed by atoms with Gasteiger partial charge in [0.1, 0.15) is 5.82 Å². The van der Waals surface area contributed by atoms with Crippen LogP contribution in [-0.4, -0.2) is 35.1 Å². The molecular formula is C13H14ClFN2O3. The van der Waals surface area contributed by atoms with Gasteiger partial charge < -0.3 is 15.3 Å². The lowest BCUT2D eigenvalue weighted by atomic mass is 9.97. The number of urea groups is 1. The molecular weight excluding hydrogens is 287 g/mol. The standard InChI is InChI=1S/C13H14ClFN2O3/c14-9-1-2-10(15)11(7-9)16-13(20)17-5-3-8(4-6-17)12(18)19/h1-2,7-8H,3-6H2,(H,16,20)(H,18,19). The number of benzene rings is 1. The van der Waals surface area contributed by atoms with E-state index in [0.29, 0.717) is 31.0 Å². The van der Waals surface area contributed by atoms with Crippen LogP contribution in [0.5, 0.6) is 0 Å². The summed E-state index contributed by atoms with van der Waals surface area (Å²) in [5.41, 5.74) is 0.0165. The minimum atomic E-state index is -0.842. The Hall–Kier alpha value is -1.82. The summed E-state index contributed by atoms with van der Waals surface area (Å²) in [6.07, 6.45) is 0.807. The first-order chi connectivity index (χ1) is 9.47. The second kappa shape index (κ2) is 6.09. The topological polar surface area (TPSA) is 69.6 Å². The quantitative estimate of drug-likeness (QED) is 0.882. The minimum Gasteiger partial charge on any atom is -0.481 e. The van der Waals surface area contributed by atoms with E-state index >= 15 is 0 Å². The van der Waals surface area contributed by atoms with Gasteiger partial charge in [0.25, 0.3) is 0 Å². The number of rotatable bonds is 2. The summed E-state index contributed by atoms with van der Waals surface area (Å²) in [4.78, 5) is 24.3. The molecule has 1 heterocycles. The third-order valence-corrected chi connectivity index (χ3v) is 3.54. The molecule has 2 N–H and O–H groups in total. The molecule has 1 aliphatic heterocycles. The van der Waals surface area contributed by atoms with E-state index in [1.807, 2.05) is 0 Å². The summed E-state index contributed by atoms with van der Waals surface area (Å²) in [5.74, 6) is -1.82. The molecule has 20 heavy (non-hydrogen) atoms. The highest BCUT2D eigenvalue weighted by atomic mass is 35.5. The van der Waals surface area contributed by atoms with Gasteiger partial charge in [-0.25, -0.2) is 9.18 Å². The number of aliphatic carboxylic acids is 1. The molecule has 0 spiro atoms. The SMILES string of the molecule is O=C(O)C1CCN(C(=O)Nc2cc(Cl)ccc2F)CC1. The molecule has 0 atom stereocenters. The van der Waals surface area contributed by atoms with Gasteiger partial charge in [-0.3, -0.25) is 4.79 Å². The van der Waals surface area contributed by atoms with E-state index < -0.39 is 23.7 Å². The zero-order valence-corrected chi connectivity index (χ0v) is 11.4. The minimum absolute atomic E-state index is 0.0165. The maximum atomic E-state index is 13.5. The normalized spacial score (nSPS) is 16.0. The van der Waals surface area contributed by atoms with Crippen LogP contribution in [0.25, 0.3) is 0 Å². The highest BCUT2D eigenvalue weighted by molar-refractivity contribution is 6.30. The van der Waals surface area contributed by atoms with Crippen molar-refractivity contribution in [3.05, 3.63) is 29.0 Å². The van der Waals surface area contributed by atoms with Gasteiger partial charge in [0.15, 0.2) is 0 Å². The monoisotopic (exact) mass is 300 g/mol. The second-order valence-corrected chi connectivity index (χ2v) is 5.09. The van der Waals surface area contributed by atoms with Crippen LogP contribution in [-0.2, 0) is 4.79 Å². The van der Waals surface area contributed by atoms with Crippen molar-refractivity contribution in [1.82, 2.24) is 4.90 Å². The molecule has 108 valence electrons. The van der Waals surface area contributed by atoms with Crippen molar-refractivity contribution in [3.63, 3.8) is 0 Å². The van der Waals surface area contributed by atoms with Crippen molar-refractivity contribution in [2.75, 3.05) is 18.4 Å². The Kier molecular flexibility index (Phi) is 4.44. The maximum Gasteiger partial charge on any atom is 0.321 e. The number of amides is 2. The van der Waals surface area contributed by atoms with E-state index in [9.17, 15) is 14.0 Å². The van der Waals surface area contributed by atoms with Gasteiger partial charge in [-0.05, 0) is 31.0 Å². The van der Waals surface area contributed by atoms with Gasteiger partial charge in [0, 0.05) is 18.1 Å². The van der Waals surface area contributed by atoms with Crippen molar-refractivity contribution < 1.29 is 19.1 Å². The Bertz CT molecular complexity index is 530. The van der Waals surface area contributed by atoms with Crippen LogP contribution in [0, 0.1) is 11.7 Å². The summed E-state index contributed by atoms with van der Waals surface area (Å²) < 4.78 is 13.5. The highest BCUT2D eigenvalue weighted by Crippen LogP contribution is 2.22. The van der Waals surface area contributed by atoms with Gasteiger partial charge >= 0.3 is 12.0 Å². The largest absolute Gasteiger partial charge is 0.481 e. The molecule has 1 aliphatic rings. The summed E-state index contributed by atoms with van der Waals surface area (Å²) in [6, 6.07) is 3.45. The molecule has 5 nitrogen and oxygen atoms in total. The predicted molar refractivity (Wildman–Crippen MR) is 72.4 cm³/mol. The number of carboxylic acids is 1. The van der Waals surface area contributed by atoms with E-state index in [1.165, 1.54) is 23.1 Å². The molecule has 1 aromatic carbocycles. The number of carbonyl (C=O) groups is 2. The average molecular weight is 301 g/mol. The zero-order valence-electron chi connectivity index (χ0n) is 10.6. The number of carbonyl (C=O) groups excluding carboxylic acids is 1. The summed E-state index contributed by atoms with van der Waals surface area (Å²) in [6.45, 7) is 0.677. The van der Waals surface area contributed by atoms with Crippen LogP contribution in [0.1, 0.15) is 12.8 Å². The van der Waals surface area contributed by atoms with E-state index in [0.717, 1.165) is 0 Å². The van der Waals surface area contributed by atoms with Gasteiger partial charge in [0.05, 0.1) is 11.6 Å². The van der Waals surface area contributed by atoms with Gasteiger partial charge in [-0.2, -0.15) is 0 Å². The molecule has 1 aromatic rings. The lowest BCUT2D eigenvalue weighted by Gasteiger charge is -2.30. The van der Waals surface area contributed by atoms with E-state index in [1.54, 1.807) is 0 Å². The Balaban J connectivity index is 1.96. The molecule has 0 aromatic heterocycles. The smallest absolute Gasteiger partial charge is 0.321 e. The Morgan fingerprint density at radius 1 is 1.35 bits per heavy atom. The fourth-order valence-corrected chi connectivity index (χ4v) is 2.29. The van der Waals surface area contributed by atoms with Gasteiger partial charge in [-0.15, -0.1) is 0 Å². The summed E-state index contributed by atoms with van der Waals surface area (Å²) >= 11 is 5.74. The first-order valence-electron chi connectivity index (χ1n) is 6.21. The number of halogens is 2. The molecule has 1 fully saturated rings. The first-order valence-corrected chi connectivity index (χ1v) is 6.59. The molecule has 0 aliphatic carbocycles. The number of nitrogens with zero attached hydrogens (tertiary/aromatic N) is 1. The van der Waals surface area contributed by atoms with Crippen molar-refractivity contribution >= 4 is 29.3 Å². The van der Waals surface area contributed by atoms with E-state index in [4.69, 9.17) is 16.7 Å². The Morgan fingerprint density at radius 3 is 2.60 bits per heavy atom. The lowest BCUT2D eigenvalue weighted by Crippen LogP contribution is -2.42. The highest BCUT2D eigenvalue weighted by Gasteiger charge is 2.27. The number of hydrogen-bond acceptors (Lipinski definition) is 2. The average Bonchev–Trinajstić information content (AvgIpc) is 2.43. The Morgan fingerprint density at radius 2 is 2.00 bits per heavy atom. The third-order valence-electron chi connectivity index (χ3n) is 3.30. The zero-order chi connectivity index (χ0) is 14.7. The molecule has 2 amide bonds. The predicted octanol–water partition coefficient (Wildman–Crippen LogP) is 2.81. The number of piperidine rings is 1. The second-order valence-electron chi connectivity index (χ2n) is 4.65. The van der Waals surface area contributed by atoms with Crippen LogP contribution in [0.3, 0.4) is 0 Å². The van der Waals surface area contributed by atoms with E-state index in [2.05, 4.69) is 5.32 Å². The fourth-order valence-electron chi connectivity index (χ4n) is 2.12. The van der Waals surface area contributed by atoms with E-state index in [-0.39, 0.29) is 5.69 Å². The molecule has 0 unspecified atom stereocenters. The molecule has 1 saturated heterocycles. The number of likely N-dealkylation sites (tertiary alicyclic amines) is 1.